The highest BCUT2D eigenvalue weighted by atomic mass is 35.5. The molecule has 0 radical (unpaired) electrons. The predicted octanol–water partition coefficient (Wildman–Crippen LogP) is 6.54. The standard InChI is InChI=1S/C30H34Cl2N2O3/c1-20-11-12-21(2)27(15-20)37-19-28(35)34(18-23-13-14-24(31)25(32)16-23)26(29(36)33-30(3,4)5)17-22-9-7-6-8-10-22/h6-16,26H,17-19H2,1-5H3,(H,33,36). The number of hydrogen-bond donors (Lipinski definition) is 1. The van der Waals surface area contributed by atoms with Gasteiger partial charge in [-0.2, -0.15) is 0 Å². The average Bonchev–Trinajstić information content (AvgIpc) is 2.83. The molecule has 7 heteroatoms. The van der Waals surface area contributed by atoms with Crippen LogP contribution < -0.4 is 10.1 Å². The van der Waals surface area contributed by atoms with Crippen LogP contribution in [0, 0.1) is 13.8 Å². The highest BCUT2D eigenvalue weighted by molar-refractivity contribution is 6.42. The van der Waals surface area contributed by atoms with Gasteiger partial charge in [-0.05, 0) is 75.1 Å². The molecule has 37 heavy (non-hydrogen) atoms. The molecule has 0 saturated heterocycles. The number of benzene rings is 3. The van der Waals surface area contributed by atoms with Gasteiger partial charge < -0.3 is 15.0 Å². The molecule has 0 saturated carbocycles. The van der Waals surface area contributed by atoms with Crippen molar-refractivity contribution in [2.45, 2.75) is 59.2 Å². The average molecular weight is 542 g/mol. The Morgan fingerprint density at radius 3 is 2.27 bits per heavy atom. The molecule has 0 aliphatic rings. The van der Waals surface area contributed by atoms with Gasteiger partial charge in [0.25, 0.3) is 5.91 Å². The summed E-state index contributed by atoms with van der Waals surface area (Å²) in [6.07, 6.45) is 0.347. The number of hydrogen-bond acceptors (Lipinski definition) is 3. The SMILES string of the molecule is Cc1ccc(C)c(OCC(=O)N(Cc2ccc(Cl)c(Cl)c2)C(Cc2ccccc2)C(=O)NC(C)(C)C)c1. The number of carbonyl (C=O) groups excluding carboxylic acids is 2. The second-order valence-electron chi connectivity index (χ2n) is 10.3. The maximum Gasteiger partial charge on any atom is 0.261 e. The number of nitrogens with zero attached hydrogens (tertiary/aromatic N) is 1. The Labute approximate surface area is 229 Å². The number of rotatable bonds is 9. The number of ether oxygens (including phenoxy) is 1. The molecule has 2 amide bonds. The van der Waals surface area contributed by atoms with Crippen LogP contribution in [0.25, 0.3) is 0 Å². The van der Waals surface area contributed by atoms with E-state index >= 15 is 0 Å². The zero-order chi connectivity index (χ0) is 27.2. The van der Waals surface area contributed by atoms with E-state index in [1.165, 1.54) is 0 Å². The summed E-state index contributed by atoms with van der Waals surface area (Å²) in [6, 6.07) is 20.0. The summed E-state index contributed by atoms with van der Waals surface area (Å²) in [5.41, 5.74) is 3.20. The molecular formula is C30H34Cl2N2O3. The fourth-order valence-electron chi connectivity index (χ4n) is 3.93. The summed E-state index contributed by atoms with van der Waals surface area (Å²) in [6.45, 7) is 9.61. The largest absolute Gasteiger partial charge is 0.483 e. The van der Waals surface area contributed by atoms with Crippen LogP contribution in [0.2, 0.25) is 10.0 Å². The van der Waals surface area contributed by atoms with Gasteiger partial charge in [-0.1, -0.05) is 71.7 Å². The van der Waals surface area contributed by atoms with Gasteiger partial charge in [0, 0.05) is 18.5 Å². The van der Waals surface area contributed by atoms with Crippen LogP contribution in [0.4, 0.5) is 0 Å². The summed E-state index contributed by atoms with van der Waals surface area (Å²) >= 11 is 12.4. The Balaban J connectivity index is 1.97. The van der Waals surface area contributed by atoms with Crippen molar-refractivity contribution in [2.24, 2.45) is 0 Å². The Kier molecular flexibility index (Phi) is 9.63. The Hall–Kier alpha value is -3.02. The van der Waals surface area contributed by atoms with Crippen LogP contribution in [0.3, 0.4) is 0 Å². The first kappa shape index (κ1) is 28.5. The molecule has 1 atom stereocenters. The van der Waals surface area contributed by atoms with Gasteiger partial charge in [-0.15, -0.1) is 0 Å². The summed E-state index contributed by atoms with van der Waals surface area (Å²) in [5.74, 6) is 0.0926. The molecule has 0 heterocycles. The Bertz CT molecular complexity index is 1240. The van der Waals surface area contributed by atoms with Gasteiger partial charge in [0.1, 0.15) is 11.8 Å². The lowest BCUT2D eigenvalue weighted by atomic mass is 10.0. The lowest BCUT2D eigenvalue weighted by Gasteiger charge is -2.34. The molecule has 5 nitrogen and oxygen atoms in total. The summed E-state index contributed by atoms with van der Waals surface area (Å²) in [7, 11) is 0. The third-order valence-corrected chi connectivity index (χ3v) is 6.54. The van der Waals surface area contributed by atoms with Crippen LogP contribution in [0.5, 0.6) is 5.75 Å². The molecule has 3 aromatic carbocycles. The number of nitrogens with one attached hydrogen (secondary N) is 1. The van der Waals surface area contributed by atoms with Gasteiger partial charge in [0.05, 0.1) is 10.0 Å². The molecule has 0 spiro atoms. The van der Waals surface area contributed by atoms with E-state index in [4.69, 9.17) is 27.9 Å². The summed E-state index contributed by atoms with van der Waals surface area (Å²) in [5, 5.41) is 3.86. The third kappa shape index (κ3) is 8.51. The van der Waals surface area contributed by atoms with Crippen LogP contribution in [0.15, 0.2) is 66.7 Å². The zero-order valence-corrected chi connectivity index (χ0v) is 23.5. The molecule has 3 aromatic rings. The van der Waals surface area contributed by atoms with E-state index in [2.05, 4.69) is 5.32 Å². The molecule has 0 aromatic heterocycles. The number of amides is 2. The van der Waals surface area contributed by atoms with Crippen molar-refractivity contribution in [1.82, 2.24) is 10.2 Å². The lowest BCUT2D eigenvalue weighted by molar-refractivity contribution is -0.143. The van der Waals surface area contributed by atoms with Gasteiger partial charge >= 0.3 is 0 Å². The second-order valence-corrected chi connectivity index (χ2v) is 11.1. The molecule has 196 valence electrons. The highest BCUT2D eigenvalue weighted by Crippen LogP contribution is 2.25. The molecule has 3 rings (SSSR count). The van der Waals surface area contributed by atoms with E-state index in [-0.39, 0.29) is 25.0 Å². The van der Waals surface area contributed by atoms with Crippen LogP contribution in [-0.4, -0.2) is 34.9 Å². The minimum Gasteiger partial charge on any atom is -0.483 e. The zero-order valence-electron chi connectivity index (χ0n) is 22.0. The van der Waals surface area contributed by atoms with Crippen molar-refractivity contribution in [3.63, 3.8) is 0 Å². The van der Waals surface area contributed by atoms with E-state index < -0.39 is 11.6 Å². The fourth-order valence-corrected chi connectivity index (χ4v) is 4.25. The minimum atomic E-state index is -0.772. The van der Waals surface area contributed by atoms with Crippen molar-refractivity contribution >= 4 is 35.0 Å². The summed E-state index contributed by atoms with van der Waals surface area (Å²) < 4.78 is 5.95. The monoisotopic (exact) mass is 540 g/mol. The van der Waals surface area contributed by atoms with Gasteiger partial charge in [0.15, 0.2) is 6.61 Å². The van der Waals surface area contributed by atoms with Crippen LogP contribution >= 0.6 is 23.2 Å². The fraction of sp³-hybridized carbons (Fsp3) is 0.333. The van der Waals surface area contributed by atoms with E-state index in [1.54, 1.807) is 23.1 Å². The topological polar surface area (TPSA) is 58.6 Å². The molecule has 0 bridgehead atoms. The molecule has 0 aliphatic carbocycles. The van der Waals surface area contributed by atoms with Crippen molar-refractivity contribution in [3.05, 3.63) is 99.0 Å². The minimum absolute atomic E-state index is 0.168. The molecular weight excluding hydrogens is 507 g/mol. The van der Waals surface area contributed by atoms with E-state index in [1.807, 2.05) is 83.1 Å². The van der Waals surface area contributed by atoms with Gasteiger partial charge in [0.2, 0.25) is 5.91 Å². The first-order chi connectivity index (χ1) is 17.4. The molecule has 0 fully saturated rings. The number of aryl methyl sites for hydroxylation is 2. The van der Waals surface area contributed by atoms with Crippen molar-refractivity contribution in [3.8, 4) is 5.75 Å². The molecule has 1 unspecified atom stereocenters. The quantitative estimate of drug-likeness (QED) is 0.335. The van der Waals surface area contributed by atoms with Crippen LogP contribution in [0.1, 0.15) is 43.0 Å². The highest BCUT2D eigenvalue weighted by Gasteiger charge is 2.32. The molecule has 1 N–H and O–H groups in total. The summed E-state index contributed by atoms with van der Waals surface area (Å²) in [4.78, 5) is 28.9. The number of carbonyl (C=O) groups is 2. The van der Waals surface area contributed by atoms with Gasteiger partial charge in [-0.25, -0.2) is 0 Å². The first-order valence-electron chi connectivity index (χ1n) is 12.2. The molecule has 0 aliphatic heterocycles. The normalized spacial score (nSPS) is 12.1. The van der Waals surface area contributed by atoms with E-state index in [0.29, 0.717) is 22.2 Å². The van der Waals surface area contributed by atoms with Crippen molar-refractivity contribution < 1.29 is 14.3 Å². The van der Waals surface area contributed by atoms with Crippen LogP contribution in [-0.2, 0) is 22.6 Å². The van der Waals surface area contributed by atoms with Gasteiger partial charge in [-0.3, -0.25) is 9.59 Å². The van der Waals surface area contributed by atoms with Crippen molar-refractivity contribution in [2.75, 3.05) is 6.61 Å². The smallest absolute Gasteiger partial charge is 0.261 e. The predicted molar refractivity (Wildman–Crippen MR) is 150 cm³/mol. The third-order valence-electron chi connectivity index (χ3n) is 5.80. The maximum absolute atomic E-state index is 13.7. The second kappa shape index (κ2) is 12.5. The Morgan fingerprint density at radius 1 is 0.919 bits per heavy atom. The van der Waals surface area contributed by atoms with Crippen molar-refractivity contribution in [1.29, 1.82) is 0 Å². The number of halogens is 2. The maximum atomic E-state index is 13.7. The van der Waals surface area contributed by atoms with E-state index in [9.17, 15) is 9.59 Å². The first-order valence-corrected chi connectivity index (χ1v) is 13.0. The van der Waals surface area contributed by atoms with E-state index in [0.717, 1.165) is 22.3 Å². The Morgan fingerprint density at radius 2 is 1.62 bits per heavy atom. The lowest BCUT2D eigenvalue weighted by Crippen LogP contribution is -2.55.